The maximum atomic E-state index is 11.5. The zero-order valence-electron chi connectivity index (χ0n) is 8.25. The van der Waals surface area contributed by atoms with Gasteiger partial charge in [-0.3, -0.25) is 0 Å². The smallest absolute Gasteiger partial charge is 0.317 e. The first-order valence-corrected chi connectivity index (χ1v) is 5.36. The molecule has 4 nitrogen and oxygen atoms in total. The highest BCUT2D eigenvalue weighted by atomic mass is 79.9. The molecule has 1 fully saturated rings. The van der Waals surface area contributed by atoms with Crippen LogP contribution >= 0.6 is 15.9 Å². The fourth-order valence-corrected chi connectivity index (χ4v) is 1.43. The quantitative estimate of drug-likeness (QED) is 0.816. The lowest BCUT2D eigenvalue weighted by atomic mass is 10.3. The molecule has 0 saturated carbocycles. The molecule has 0 radical (unpaired) electrons. The van der Waals surface area contributed by atoms with E-state index in [9.17, 15) is 4.79 Å². The number of urea groups is 1. The van der Waals surface area contributed by atoms with Gasteiger partial charge in [0.2, 0.25) is 0 Å². The van der Waals surface area contributed by atoms with Crippen molar-refractivity contribution < 1.29 is 9.53 Å². The normalized spacial score (nSPS) is 21.9. The minimum absolute atomic E-state index is 0.0549. The van der Waals surface area contributed by atoms with E-state index in [2.05, 4.69) is 27.8 Å². The first-order valence-electron chi connectivity index (χ1n) is 4.57. The molecule has 0 aliphatic carbocycles. The van der Waals surface area contributed by atoms with Gasteiger partial charge < -0.3 is 15.0 Å². The molecule has 0 aromatic heterocycles. The van der Waals surface area contributed by atoms with Gasteiger partial charge >= 0.3 is 6.03 Å². The van der Waals surface area contributed by atoms with Crippen molar-refractivity contribution in [3.63, 3.8) is 0 Å². The highest BCUT2D eigenvalue weighted by molar-refractivity contribution is 9.11. The predicted molar refractivity (Wildman–Crippen MR) is 58.5 cm³/mol. The van der Waals surface area contributed by atoms with Gasteiger partial charge in [0.15, 0.2) is 0 Å². The number of morpholine rings is 1. The Morgan fingerprint density at radius 2 is 2.50 bits per heavy atom. The van der Waals surface area contributed by atoms with Crippen molar-refractivity contribution in [3.8, 4) is 0 Å². The SMILES string of the molecule is C=C(Br)CNC(=O)N1CCOC(C)C1. The molecular weight excluding hydrogens is 248 g/mol. The molecule has 14 heavy (non-hydrogen) atoms. The second kappa shape index (κ2) is 5.36. The van der Waals surface area contributed by atoms with E-state index < -0.39 is 0 Å². The Morgan fingerprint density at radius 1 is 1.79 bits per heavy atom. The van der Waals surface area contributed by atoms with Crippen molar-refractivity contribution in [2.45, 2.75) is 13.0 Å². The van der Waals surface area contributed by atoms with Gasteiger partial charge in [-0.1, -0.05) is 22.5 Å². The van der Waals surface area contributed by atoms with Gasteiger partial charge in [0.25, 0.3) is 0 Å². The molecule has 80 valence electrons. The highest BCUT2D eigenvalue weighted by Gasteiger charge is 2.20. The van der Waals surface area contributed by atoms with Gasteiger partial charge in [0.1, 0.15) is 0 Å². The van der Waals surface area contributed by atoms with Crippen LogP contribution in [0.1, 0.15) is 6.92 Å². The summed E-state index contributed by atoms with van der Waals surface area (Å²) in [7, 11) is 0. The molecule has 5 heteroatoms. The topological polar surface area (TPSA) is 41.6 Å². The number of hydrogen-bond acceptors (Lipinski definition) is 2. The Kier molecular flexibility index (Phi) is 4.41. The summed E-state index contributed by atoms with van der Waals surface area (Å²) in [4.78, 5) is 13.3. The summed E-state index contributed by atoms with van der Waals surface area (Å²) in [6, 6.07) is -0.0549. The predicted octanol–water partition coefficient (Wildman–Crippen LogP) is 1.33. The number of nitrogens with zero attached hydrogens (tertiary/aromatic N) is 1. The van der Waals surface area contributed by atoms with Crippen LogP contribution < -0.4 is 5.32 Å². The molecule has 1 saturated heterocycles. The first kappa shape index (κ1) is 11.5. The molecule has 0 spiro atoms. The average molecular weight is 263 g/mol. The lowest BCUT2D eigenvalue weighted by Gasteiger charge is -2.31. The number of halogens is 1. The van der Waals surface area contributed by atoms with Crippen molar-refractivity contribution in [2.24, 2.45) is 0 Å². The molecule has 0 bridgehead atoms. The number of ether oxygens (including phenoxy) is 1. The van der Waals surface area contributed by atoms with Crippen molar-refractivity contribution in [2.75, 3.05) is 26.2 Å². The summed E-state index contributed by atoms with van der Waals surface area (Å²) in [5.74, 6) is 0. The van der Waals surface area contributed by atoms with E-state index in [-0.39, 0.29) is 12.1 Å². The van der Waals surface area contributed by atoms with Crippen molar-refractivity contribution in [3.05, 3.63) is 11.1 Å². The Bertz CT molecular complexity index is 233. The largest absolute Gasteiger partial charge is 0.375 e. The molecule has 1 aliphatic rings. The molecule has 2 amide bonds. The Labute approximate surface area is 92.4 Å². The van der Waals surface area contributed by atoms with Crippen molar-refractivity contribution >= 4 is 22.0 Å². The van der Waals surface area contributed by atoms with Crippen LogP contribution in [0.25, 0.3) is 0 Å². The van der Waals surface area contributed by atoms with Gasteiger partial charge in [-0.2, -0.15) is 0 Å². The van der Waals surface area contributed by atoms with Crippen molar-refractivity contribution in [1.29, 1.82) is 0 Å². The summed E-state index contributed by atoms with van der Waals surface area (Å²) < 4.78 is 6.11. The van der Waals surface area contributed by atoms with Crippen LogP contribution in [0.4, 0.5) is 4.79 Å². The minimum Gasteiger partial charge on any atom is -0.375 e. The number of amides is 2. The minimum atomic E-state index is -0.0549. The number of rotatable bonds is 2. The van der Waals surface area contributed by atoms with E-state index in [1.54, 1.807) is 4.90 Å². The summed E-state index contributed by atoms with van der Waals surface area (Å²) in [5.41, 5.74) is 0. The summed E-state index contributed by atoms with van der Waals surface area (Å²) in [5, 5.41) is 2.76. The van der Waals surface area contributed by atoms with Gasteiger partial charge in [-0.15, -0.1) is 0 Å². The van der Waals surface area contributed by atoms with Gasteiger partial charge in [-0.25, -0.2) is 4.79 Å². The molecule has 1 N–H and O–H groups in total. The van der Waals surface area contributed by atoms with Crippen LogP contribution in [-0.2, 0) is 4.74 Å². The Balaban J connectivity index is 2.32. The van der Waals surface area contributed by atoms with E-state index in [1.165, 1.54) is 0 Å². The lowest BCUT2D eigenvalue weighted by Crippen LogP contribution is -2.49. The molecule has 1 rings (SSSR count). The number of carbonyl (C=O) groups excluding carboxylic acids is 1. The zero-order valence-corrected chi connectivity index (χ0v) is 9.84. The van der Waals surface area contributed by atoms with Crippen LogP contribution in [-0.4, -0.2) is 43.3 Å². The van der Waals surface area contributed by atoms with Gasteiger partial charge in [0.05, 0.1) is 19.3 Å². The van der Waals surface area contributed by atoms with Crippen LogP contribution in [0.2, 0.25) is 0 Å². The molecule has 1 heterocycles. The molecule has 0 aromatic rings. The maximum absolute atomic E-state index is 11.5. The Hall–Kier alpha value is -0.550. The number of nitrogens with one attached hydrogen (secondary N) is 1. The third kappa shape index (κ3) is 3.67. The van der Waals surface area contributed by atoms with Crippen LogP contribution in [0.5, 0.6) is 0 Å². The second-order valence-corrected chi connectivity index (χ2v) is 4.42. The summed E-state index contributed by atoms with van der Waals surface area (Å²) >= 11 is 3.19. The number of hydrogen-bond donors (Lipinski definition) is 1. The third-order valence-electron chi connectivity index (χ3n) is 1.96. The van der Waals surface area contributed by atoms with Gasteiger partial charge in [0, 0.05) is 17.6 Å². The van der Waals surface area contributed by atoms with E-state index >= 15 is 0 Å². The van der Waals surface area contributed by atoms with E-state index in [0.717, 1.165) is 4.48 Å². The average Bonchev–Trinajstić information content (AvgIpc) is 2.14. The Morgan fingerprint density at radius 3 is 3.07 bits per heavy atom. The molecular formula is C9H15BrN2O2. The van der Waals surface area contributed by atoms with Crippen LogP contribution in [0.15, 0.2) is 11.1 Å². The highest BCUT2D eigenvalue weighted by Crippen LogP contribution is 2.05. The van der Waals surface area contributed by atoms with Crippen LogP contribution in [0.3, 0.4) is 0 Å². The fourth-order valence-electron chi connectivity index (χ4n) is 1.29. The standard InChI is InChI=1S/C9H15BrN2O2/c1-7(10)5-11-9(13)12-3-4-14-8(2)6-12/h8H,1,3-6H2,2H3,(H,11,13). The van der Waals surface area contributed by atoms with E-state index in [0.29, 0.717) is 26.2 Å². The van der Waals surface area contributed by atoms with Crippen LogP contribution in [0, 0.1) is 0 Å². The van der Waals surface area contributed by atoms with E-state index in [4.69, 9.17) is 4.74 Å². The molecule has 0 aromatic carbocycles. The third-order valence-corrected chi connectivity index (χ3v) is 2.24. The number of carbonyl (C=O) groups is 1. The monoisotopic (exact) mass is 262 g/mol. The molecule has 1 atom stereocenters. The molecule has 1 aliphatic heterocycles. The fraction of sp³-hybridized carbons (Fsp3) is 0.667. The summed E-state index contributed by atoms with van der Waals surface area (Å²) in [6.07, 6.45) is 0.127. The summed E-state index contributed by atoms with van der Waals surface area (Å²) in [6.45, 7) is 8.00. The van der Waals surface area contributed by atoms with E-state index in [1.807, 2.05) is 6.92 Å². The lowest BCUT2D eigenvalue weighted by molar-refractivity contribution is -0.00333. The first-order chi connectivity index (χ1) is 6.59. The zero-order chi connectivity index (χ0) is 10.6. The second-order valence-electron chi connectivity index (χ2n) is 3.30. The maximum Gasteiger partial charge on any atom is 0.317 e. The molecule has 1 unspecified atom stereocenters. The van der Waals surface area contributed by atoms with Gasteiger partial charge in [-0.05, 0) is 6.92 Å². The van der Waals surface area contributed by atoms with Crippen molar-refractivity contribution in [1.82, 2.24) is 10.2 Å².